The van der Waals surface area contributed by atoms with E-state index in [-0.39, 0.29) is 25.7 Å². The van der Waals surface area contributed by atoms with Crippen LogP contribution in [0.3, 0.4) is 0 Å². The SMILES string of the molecule is CCCCCCCCCCCCCCCCCCCCC(=O)O[C@H](COC(=O)CCCCCCCCCCCCCCCC(C)C)COP(=O)(O)OC[C@@H](O)COP(=O)(O)OC[C@@H](COC(=O)CCCCCCCCC(C)CC)OC(=O)CCCCCCCCCCCCC(C)C. The highest BCUT2D eigenvalue weighted by Gasteiger charge is 2.30. The van der Waals surface area contributed by atoms with Gasteiger partial charge in [0.25, 0.3) is 0 Å². The van der Waals surface area contributed by atoms with Gasteiger partial charge in [-0.15, -0.1) is 0 Å². The van der Waals surface area contributed by atoms with Gasteiger partial charge in [-0.2, -0.15) is 0 Å². The maximum Gasteiger partial charge on any atom is 0.472 e. The Morgan fingerprint density at radius 3 is 0.784 bits per heavy atom. The van der Waals surface area contributed by atoms with Crippen molar-refractivity contribution in [1.29, 1.82) is 0 Å². The van der Waals surface area contributed by atoms with Crippen LogP contribution in [0.1, 0.15) is 402 Å². The predicted molar refractivity (Wildman–Crippen MR) is 395 cm³/mol. The first-order chi connectivity index (χ1) is 46.8. The van der Waals surface area contributed by atoms with Crippen molar-refractivity contribution in [1.82, 2.24) is 0 Å². The maximum atomic E-state index is 13.1. The average Bonchev–Trinajstić information content (AvgIpc) is 1.09. The molecule has 0 aliphatic rings. The lowest BCUT2D eigenvalue weighted by Crippen LogP contribution is -2.30. The van der Waals surface area contributed by atoms with E-state index in [4.69, 9.17) is 37.0 Å². The van der Waals surface area contributed by atoms with Crippen LogP contribution in [0.5, 0.6) is 0 Å². The summed E-state index contributed by atoms with van der Waals surface area (Å²) < 4.78 is 68.6. The Labute approximate surface area is 594 Å². The number of aliphatic hydroxyl groups is 1. The third kappa shape index (κ3) is 70.9. The largest absolute Gasteiger partial charge is 0.472 e. The first-order valence-electron chi connectivity index (χ1n) is 40.4. The van der Waals surface area contributed by atoms with Crippen LogP contribution in [0.25, 0.3) is 0 Å². The van der Waals surface area contributed by atoms with E-state index in [9.17, 15) is 43.2 Å². The van der Waals surface area contributed by atoms with Gasteiger partial charge in [0.15, 0.2) is 12.2 Å². The van der Waals surface area contributed by atoms with Crippen LogP contribution in [0.4, 0.5) is 0 Å². The lowest BCUT2D eigenvalue weighted by molar-refractivity contribution is -0.161. The molecule has 0 amide bonds. The minimum Gasteiger partial charge on any atom is -0.462 e. The van der Waals surface area contributed by atoms with Crippen LogP contribution in [-0.2, 0) is 65.4 Å². The van der Waals surface area contributed by atoms with Crippen LogP contribution < -0.4 is 0 Å². The molecule has 0 rings (SSSR count). The van der Waals surface area contributed by atoms with Gasteiger partial charge in [0.05, 0.1) is 26.4 Å². The molecule has 0 aromatic rings. The second-order valence-corrected chi connectivity index (χ2v) is 32.2. The fourth-order valence-corrected chi connectivity index (χ4v) is 13.5. The number of aliphatic hydroxyl groups excluding tert-OH is 1. The number of hydrogen-bond donors (Lipinski definition) is 3. The van der Waals surface area contributed by atoms with Gasteiger partial charge in [0.2, 0.25) is 0 Å². The second-order valence-electron chi connectivity index (χ2n) is 29.3. The molecule has 0 aliphatic heterocycles. The molecule has 0 spiro atoms. The summed E-state index contributed by atoms with van der Waals surface area (Å²) in [6.45, 7) is 11.9. The standard InChI is InChI=1S/C78H152O17P2/c1-8-10-11-12-13-14-15-16-17-18-19-20-23-27-33-38-47-54-61-77(82)94-73(65-88-75(80)59-52-45-37-32-26-24-21-22-25-30-35-42-49-56-69(3)4)67-92-96(84,85)90-63-72(79)64-91-97(86,87)93-68-74(66-89-76(81)60-53-46-41-40-44-51-58-71(7)9-2)95-78(83)62-55-48-39-34-29-28-31-36-43-50-57-70(5)6/h69-74,79H,8-68H2,1-7H3,(H,84,85)(H,86,87)/t71?,72-,73-,74-/m1/s1. The lowest BCUT2D eigenvalue weighted by Gasteiger charge is -2.21. The molecule has 0 bridgehead atoms. The molecule has 0 heterocycles. The normalized spacial score (nSPS) is 14.3. The Balaban J connectivity index is 5.25. The van der Waals surface area contributed by atoms with Crippen molar-refractivity contribution in [2.75, 3.05) is 39.6 Å². The smallest absolute Gasteiger partial charge is 0.462 e. The van der Waals surface area contributed by atoms with E-state index in [1.165, 1.54) is 205 Å². The van der Waals surface area contributed by atoms with E-state index in [0.717, 1.165) is 114 Å². The number of phosphoric ester groups is 2. The Morgan fingerprint density at radius 2 is 0.526 bits per heavy atom. The molecule has 0 aromatic heterocycles. The highest BCUT2D eigenvalue weighted by Crippen LogP contribution is 2.45. The highest BCUT2D eigenvalue weighted by molar-refractivity contribution is 7.47. The fraction of sp³-hybridized carbons (Fsp3) is 0.949. The van der Waals surface area contributed by atoms with Crippen molar-refractivity contribution in [2.45, 2.75) is 420 Å². The Kier molecular flexibility index (Phi) is 67.1. The van der Waals surface area contributed by atoms with Gasteiger partial charge in [-0.25, -0.2) is 9.13 Å². The average molecular weight is 1420 g/mol. The molecular weight excluding hydrogens is 1270 g/mol. The molecule has 17 nitrogen and oxygen atoms in total. The van der Waals surface area contributed by atoms with Gasteiger partial charge in [0, 0.05) is 25.7 Å². The van der Waals surface area contributed by atoms with E-state index in [1.807, 2.05) is 0 Å². The molecule has 0 radical (unpaired) electrons. The Hall–Kier alpha value is -1.94. The number of carbonyl (C=O) groups is 4. The summed E-state index contributed by atoms with van der Waals surface area (Å²) >= 11 is 0. The third-order valence-electron chi connectivity index (χ3n) is 18.5. The highest BCUT2D eigenvalue weighted by atomic mass is 31.2. The van der Waals surface area contributed by atoms with Crippen molar-refractivity contribution in [2.24, 2.45) is 17.8 Å². The molecule has 0 saturated heterocycles. The van der Waals surface area contributed by atoms with Crippen LogP contribution in [0.2, 0.25) is 0 Å². The van der Waals surface area contributed by atoms with Gasteiger partial charge in [-0.3, -0.25) is 37.3 Å². The van der Waals surface area contributed by atoms with Gasteiger partial charge in [0.1, 0.15) is 19.3 Å². The van der Waals surface area contributed by atoms with E-state index < -0.39 is 97.5 Å². The molecule has 0 saturated carbocycles. The number of hydrogen-bond acceptors (Lipinski definition) is 15. The zero-order valence-corrected chi connectivity index (χ0v) is 65.3. The van der Waals surface area contributed by atoms with Crippen LogP contribution >= 0.6 is 15.6 Å². The molecule has 576 valence electrons. The lowest BCUT2D eigenvalue weighted by atomic mass is 10.00. The molecular formula is C78H152O17P2. The van der Waals surface area contributed by atoms with E-state index in [1.54, 1.807) is 0 Å². The summed E-state index contributed by atoms with van der Waals surface area (Å²) in [5.41, 5.74) is 0. The minimum atomic E-state index is -4.96. The van der Waals surface area contributed by atoms with Gasteiger partial charge in [-0.05, 0) is 43.4 Å². The molecule has 6 atom stereocenters. The maximum absolute atomic E-state index is 13.1. The number of unbranched alkanes of at least 4 members (excludes halogenated alkanes) is 43. The molecule has 0 aromatic carbocycles. The number of esters is 4. The monoisotopic (exact) mass is 1420 g/mol. The summed E-state index contributed by atoms with van der Waals surface area (Å²) in [5.74, 6) is 0.158. The summed E-state index contributed by atoms with van der Waals surface area (Å²) in [6.07, 6.45) is 55.5. The van der Waals surface area contributed by atoms with E-state index in [2.05, 4.69) is 48.5 Å². The van der Waals surface area contributed by atoms with Crippen molar-refractivity contribution in [3.8, 4) is 0 Å². The van der Waals surface area contributed by atoms with Crippen molar-refractivity contribution in [3.63, 3.8) is 0 Å². The molecule has 0 fully saturated rings. The first-order valence-corrected chi connectivity index (χ1v) is 43.4. The first kappa shape index (κ1) is 95.1. The topological polar surface area (TPSA) is 237 Å². The quantitative estimate of drug-likeness (QED) is 0.0222. The number of phosphoric acid groups is 2. The fourth-order valence-electron chi connectivity index (χ4n) is 11.9. The summed E-state index contributed by atoms with van der Waals surface area (Å²) in [4.78, 5) is 72.9. The Morgan fingerprint density at radius 1 is 0.299 bits per heavy atom. The molecule has 3 N–H and O–H groups in total. The van der Waals surface area contributed by atoms with Gasteiger partial charge >= 0.3 is 39.5 Å². The number of rotatable bonds is 76. The molecule has 19 heteroatoms. The predicted octanol–water partition coefficient (Wildman–Crippen LogP) is 23.0. The Bertz CT molecular complexity index is 1890. The van der Waals surface area contributed by atoms with Crippen LogP contribution in [0.15, 0.2) is 0 Å². The summed E-state index contributed by atoms with van der Waals surface area (Å²) in [5, 5.41) is 10.6. The third-order valence-corrected chi connectivity index (χ3v) is 20.4. The van der Waals surface area contributed by atoms with E-state index >= 15 is 0 Å². The number of carbonyl (C=O) groups excluding carboxylic acids is 4. The summed E-state index contributed by atoms with van der Waals surface area (Å²) in [6, 6.07) is 0. The zero-order valence-electron chi connectivity index (χ0n) is 63.5. The van der Waals surface area contributed by atoms with Crippen molar-refractivity contribution in [3.05, 3.63) is 0 Å². The molecule has 0 aliphatic carbocycles. The summed E-state index contributed by atoms with van der Waals surface area (Å²) in [7, 11) is -9.92. The van der Waals surface area contributed by atoms with Gasteiger partial charge < -0.3 is 33.8 Å². The molecule has 3 unspecified atom stereocenters. The minimum absolute atomic E-state index is 0.105. The van der Waals surface area contributed by atoms with Crippen molar-refractivity contribution >= 4 is 39.5 Å². The second kappa shape index (κ2) is 68.5. The number of ether oxygens (including phenoxy) is 4. The van der Waals surface area contributed by atoms with E-state index in [0.29, 0.717) is 25.7 Å². The van der Waals surface area contributed by atoms with Crippen molar-refractivity contribution < 1.29 is 80.2 Å². The van der Waals surface area contributed by atoms with Gasteiger partial charge in [-0.1, -0.05) is 350 Å². The zero-order chi connectivity index (χ0) is 71.6. The van der Waals surface area contributed by atoms with Crippen LogP contribution in [-0.4, -0.2) is 96.7 Å². The van der Waals surface area contributed by atoms with Crippen LogP contribution in [0, 0.1) is 17.8 Å². The molecule has 97 heavy (non-hydrogen) atoms.